The van der Waals surface area contributed by atoms with Gasteiger partial charge in [0.2, 0.25) is 0 Å². The Labute approximate surface area is 215 Å². The lowest BCUT2D eigenvalue weighted by molar-refractivity contribution is -0.144. The first-order valence-electron chi connectivity index (χ1n) is 13.9. The summed E-state index contributed by atoms with van der Waals surface area (Å²) in [7, 11) is 0. The van der Waals surface area contributed by atoms with Crippen LogP contribution in [0.25, 0.3) is 0 Å². The van der Waals surface area contributed by atoms with E-state index in [1.54, 1.807) is 13.8 Å². The number of Topliss-reactive ketones (excluding diaryl/α,β-unsaturated/α-hetero) is 1. The van der Waals surface area contributed by atoms with Crippen molar-refractivity contribution >= 4 is 23.4 Å². The monoisotopic (exact) mass is 500 g/mol. The summed E-state index contributed by atoms with van der Waals surface area (Å²) in [5, 5.41) is 16.2. The lowest BCUT2D eigenvalue weighted by Gasteiger charge is -2.58. The van der Waals surface area contributed by atoms with Crippen molar-refractivity contribution in [2.24, 2.45) is 45.6 Å². The predicted octanol–water partition coefficient (Wildman–Crippen LogP) is 5.14. The van der Waals surface area contributed by atoms with Gasteiger partial charge in [-0.1, -0.05) is 44.8 Å². The van der Waals surface area contributed by atoms with E-state index in [1.165, 1.54) is 24.8 Å². The van der Waals surface area contributed by atoms with E-state index in [9.17, 15) is 19.5 Å². The molecular weight excluding hydrogens is 456 g/mol. The maximum Gasteiger partial charge on any atom is 0.326 e. The average molecular weight is 501 g/mol. The standard InChI is InChI=1S/C29H44N2O5/c1-6-17(2)26(27(34)35)30-25(33)16-36-31-20-11-13-28(4)19(15-20)7-8-21-23-10-9-22(18(3)32)29(23,5)14-12-24(21)28/h15,17,21-24,26H,6-14,16H2,1-5H3,(H,30,33)(H,34,35)/b31-20+/t17-,21-,22+,23-,24-,26+,28-,29+/m0/s1. The molecule has 0 aromatic heterocycles. The summed E-state index contributed by atoms with van der Waals surface area (Å²) in [6.07, 6.45) is 11.5. The van der Waals surface area contributed by atoms with Gasteiger partial charge in [0, 0.05) is 5.92 Å². The molecule has 7 nitrogen and oxygen atoms in total. The van der Waals surface area contributed by atoms with Gasteiger partial charge in [-0.15, -0.1) is 0 Å². The quantitative estimate of drug-likeness (QED) is 0.449. The molecule has 36 heavy (non-hydrogen) atoms. The molecule has 0 radical (unpaired) electrons. The van der Waals surface area contributed by atoms with Gasteiger partial charge in [-0.2, -0.15) is 0 Å². The molecule has 0 aliphatic heterocycles. The highest BCUT2D eigenvalue weighted by Crippen LogP contribution is 2.66. The number of carbonyl (C=O) groups is 3. The molecule has 3 saturated carbocycles. The zero-order chi connectivity index (χ0) is 26.3. The number of hydrogen-bond donors (Lipinski definition) is 2. The largest absolute Gasteiger partial charge is 0.480 e. The van der Waals surface area contributed by atoms with Crippen LogP contribution in [0.1, 0.15) is 92.4 Å². The molecule has 3 fully saturated rings. The van der Waals surface area contributed by atoms with E-state index in [2.05, 4.69) is 30.4 Å². The lowest BCUT2D eigenvalue weighted by Crippen LogP contribution is -2.51. The number of allylic oxidation sites excluding steroid dienone is 2. The second kappa shape index (κ2) is 10.3. The number of carboxylic acid groups (broad SMARTS) is 1. The Kier molecular flexibility index (Phi) is 7.68. The van der Waals surface area contributed by atoms with E-state index in [0.717, 1.165) is 37.8 Å². The minimum atomic E-state index is -1.03. The predicted molar refractivity (Wildman–Crippen MR) is 138 cm³/mol. The molecule has 8 atom stereocenters. The second-order valence-corrected chi connectivity index (χ2v) is 12.4. The molecule has 0 aromatic carbocycles. The van der Waals surface area contributed by atoms with Gasteiger partial charge >= 0.3 is 5.97 Å². The minimum absolute atomic E-state index is 0.163. The number of nitrogens with zero attached hydrogens (tertiary/aromatic N) is 1. The van der Waals surface area contributed by atoms with Crippen LogP contribution in [0.2, 0.25) is 0 Å². The summed E-state index contributed by atoms with van der Waals surface area (Å²) in [4.78, 5) is 41.4. The minimum Gasteiger partial charge on any atom is -0.480 e. The SMILES string of the molecule is CC[C@H](C)[C@@H](NC(=O)CO/N=C1/C=C2CC[C@H]3[C@@H]4CC[C@H](C(C)=O)[C@@]4(C)CC[C@@H]3[C@@]2(C)CC1)C(=O)O. The summed E-state index contributed by atoms with van der Waals surface area (Å²) in [5.74, 6) is 0.967. The average Bonchev–Trinajstić information content (AvgIpc) is 3.19. The number of oxime groups is 1. The van der Waals surface area contributed by atoms with Gasteiger partial charge in [-0.05, 0) is 98.9 Å². The fourth-order valence-electron chi connectivity index (χ4n) is 8.38. The van der Waals surface area contributed by atoms with E-state index < -0.39 is 17.9 Å². The Balaban J connectivity index is 1.39. The number of amides is 1. The van der Waals surface area contributed by atoms with E-state index >= 15 is 0 Å². The highest BCUT2D eigenvalue weighted by Gasteiger charge is 2.59. The first-order chi connectivity index (χ1) is 17.0. The van der Waals surface area contributed by atoms with E-state index in [0.29, 0.717) is 30.0 Å². The molecule has 0 heterocycles. The maximum absolute atomic E-state index is 12.4. The zero-order valence-electron chi connectivity index (χ0n) is 22.6. The van der Waals surface area contributed by atoms with Crippen LogP contribution in [-0.2, 0) is 19.2 Å². The van der Waals surface area contributed by atoms with Crippen molar-refractivity contribution in [3.63, 3.8) is 0 Å². The van der Waals surface area contributed by atoms with Gasteiger partial charge in [0.25, 0.3) is 5.91 Å². The van der Waals surface area contributed by atoms with Gasteiger partial charge in [-0.25, -0.2) is 4.79 Å². The smallest absolute Gasteiger partial charge is 0.326 e. The van der Waals surface area contributed by atoms with Crippen LogP contribution in [0.4, 0.5) is 0 Å². The molecule has 0 aromatic rings. The van der Waals surface area contributed by atoms with Crippen LogP contribution in [0.3, 0.4) is 0 Å². The molecule has 4 aliphatic rings. The molecular formula is C29H44N2O5. The fraction of sp³-hybridized carbons (Fsp3) is 0.793. The van der Waals surface area contributed by atoms with Crippen molar-refractivity contribution in [1.82, 2.24) is 5.32 Å². The molecule has 4 rings (SSSR count). The van der Waals surface area contributed by atoms with Gasteiger partial charge in [-0.3, -0.25) is 9.59 Å². The highest BCUT2D eigenvalue weighted by atomic mass is 16.6. The molecule has 0 bridgehead atoms. The van der Waals surface area contributed by atoms with Gasteiger partial charge < -0.3 is 15.3 Å². The van der Waals surface area contributed by atoms with E-state index in [4.69, 9.17) is 4.84 Å². The maximum atomic E-state index is 12.4. The normalized spacial score (nSPS) is 38.1. The number of aliphatic carboxylic acids is 1. The summed E-state index contributed by atoms with van der Waals surface area (Å²) >= 11 is 0. The van der Waals surface area contributed by atoms with Crippen LogP contribution >= 0.6 is 0 Å². The van der Waals surface area contributed by atoms with Crippen LogP contribution in [-0.4, -0.2) is 41.1 Å². The van der Waals surface area contributed by atoms with E-state index in [1.807, 2.05) is 6.92 Å². The lowest BCUT2D eigenvalue weighted by atomic mass is 9.46. The Morgan fingerprint density at radius 3 is 2.56 bits per heavy atom. The summed E-state index contributed by atoms with van der Waals surface area (Å²) in [6.45, 7) is 10.0. The second-order valence-electron chi connectivity index (χ2n) is 12.4. The van der Waals surface area contributed by atoms with Crippen molar-refractivity contribution < 1.29 is 24.3 Å². The van der Waals surface area contributed by atoms with Crippen LogP contribution < -0.4 is 5.32 Å². The van der Waals surface area contributed by atoms with Gasteiger partial charge in [0.05, 0.1) is 5.71 Å². The van der Waals surface area contributed by atoms with Crippen molar-refractivity contribution in [2.45, 2.75) is 98.4 Å². The number of rotatable bonds is 8. The number of nitrogens with one attached hydrogen (secondary N) is 1. The number of ketones is 1. The van der Waals surface area contributed by atoms with Crippen molar-refractivity contribution in [3.8, 4) is 0 Å². The molecule has 0 spiro atoms. The van der Waals surface area contributed by atoms with Crippen molar-refractivity contribution in [3.05, 3.63) is 11.6 Å². The number of hydrogen-bond acceptors (Lipinski definition) is 5. The molecule has 200 valence electrons. The molecule has 4 aliphatic carbocycles. The Bertz CT molecular complexity index is 957. The third-order valence-corrected chi connectivity index (χ3v) is 10.6. The first kappa shape index (κ1) is 26.9. The molecule has 7 heteroatoms. The topological polar surface area (TPSA) is 105 Å². The fourth-order valence-corrected chi connectivity index (χ4v) is 8.38. The third kappa shape index (κ3) is 4.74. The van der Waals surface area contributed by atoms with Crippen molar-refractivity contribution in [1.29, 1.82) is 0 Å². The number of carboxylic acids is 1. The third-order valence-electron chi connectivity index (χ3n) is 10.6. The van der Waals surface area contributed by atoms with E-state index in [-0.39, 0.29) is 29.3 Å². The molecule has 0 unspecified atom stereocenters. The molecule has 2 N–H and O–H groups in total. The van der Waals surface area contributed by atoms with Crippen LogP contribution in [0.15, 0.2) is 16.8 Å². The summed E-state index contributed by atoms with van der Waals surface area (Å²) < 4.78 is 0. The van der Waals surface area contributed by atoms with Crippen LogP contribution in [0, 0.1) is 40.4 Å². The number of carbonyl (C=O) groups excluding carboxylic acids is 2. The highest BCUT2D eigenvalue weighted by molar-refractivity contribution is 5.96. The Hall–Kier alpha value is -2.18. The molecule has 0 saturated heterocycles. The summed E-state index contributed by atoms with van der Waals surface area (Å²) in [5.41, 5.74) is 2.66. The van der Waals surface area contributed by atoms with Gasteiger partial charge in [0.15, 0.2) is 6.61 Å². The van der Waals surface area contributed by atoms with Crippen molar-refractivity contribution in [2.75, 3.05) is 6.61 Å². The first-order valence-corrected chi connectivity index (χ1v) is 13.9. The Morgan fingerprint density at radius 2 is 1.89 bits per heavy atom. The number of fused-ring (bicyclic) bond motifs is 5. The molecule has 1 amide bonds. The summed E-state index contributed by atoms with van der Waals surface area (Å²) in [6, 6.07) is -0.922. The Morgan fingerprint density at radius 1 is 1.14 bits per heavy atom. The zero-order valence-corrected chi connectivity index (χ0v) is 22.6. The van der Waals surface area contributed by atoms with Gasteiger partial charge in [0.1, 0.15) is 11.8 Å². The van der Waals surface area contributed by atoms with Crippen LogP contribution in [0.5, 0.6) is 0 Å².